The molecule has 0 aliphatic heterocycles. The van der Waals surface area contributed by atoms with Crippen LogP contribution in [0, 0.1) is 0 Å². The lowest BCUT2D eigenvalue weighted by Crippen LogP contribution is -2.25. The molecule has 0 amide bonds. The van der Waals surface area contributed by atoms with E-state index in [0.29, 0.717) is 16.8 Å². The van der Waals surface area contributed by atoms with Crippen LogP contribution in [0.4, 0.5) is 24.5 Å². The second kappa shape index (κ2) is 11.8. The molecule has 0 atom stereocenters. The Bertz CT molecular complexity index is 1290. The number of anilines is 1. The molecule has 0 fully saturated rings. The van der Waals surface area contributed by atoms with Gasteiger partial charge in [0.2, 0.25) is 0 Å². The van der Waals surface area contributed by atoms with Crippen molar-refractivity contribution in [3.63, 3.8) is 0 Å². The fourth-order valence-corrected chi connectivity index (χ4v) is 2.98. The predicted octanol–water partition coefficient (Wildman–Crippen LogP) is 4.81. The van der Waals surface area contributed by atoms with Crippen LogP contribution in [0.15, 0.2) is 81.8 Å². The van der Waals surface area contributed by atoms with E-state index in [1.165, 1.54) is 43.9 Å². The van der Waals surface area contributed by atoms with E-state index in [-0.39, 0.29) is 28.1 Å². The number of aliphatic imine (C=N–C) groups is 2. The third-order valence-corrected chi connectivity index (χ3v) is 4.81. The average molecular weight is 515 g/mol. The Labute approximate surface area is 210 Å². The van der Waals surface area contributed by atoms with Gasteiger partial charge in [0.15, 0.2) is 5.11 Å². The normalized spacial score (nSPS) is 12.2. The van der Waals surface area contributed by atoms with E-state index in [2.05, 4.69) is 25.8 Å². The number of nitrogens with zero attached hydrogens (tertiary/aromatic N) is 3. The first-order chi connectivity index (χ1) is 17.2. The Kier molecular flexibility index (Phi) is 8.57. The van der Waals surface area contributed by atoms with E-state index in [1.54, 1.807) is 36.4 Å². The molecule has 5 N–H and O–H groups in total. The highest BCUT2D eigenvalue weighted by Crippen LogP contribution is 2.37. The molecule has 0 aliphatic rings. The number of rotatable bonds is 7. The second-order valence-corrected chi connectivity index (χ2v) is 7.54. The number of phenols is 1. The molecule has 36 heavy (non-hydrogen) atoms. The first-order valence-electron chi connectivity index (χ1n) is 10.3. The Balaban J connectivity index is 1.57. The molecule has 0 unspecified atom stereocenters. The molecule has 0 heterocycles. The van der Waals surface area contributed by atoms with E-state index in [4.69, 9.17) is 22.7 Å². The molecule has 3 aromatic carbocycles. The summed E-state index contributed by atoms with van der Waals surface area (Å²) in [4.78, 5) is 8.21. The number of aromatic hydroxyl groups is 1. The van der Waals surface area contributed by atoms with E-state index in [0.717, 1.165) is 6.07 Å². The zero-order valence-electron chi connectivity index (χ0n) is 18.8. The van der Waals surface area contributed by atoms with Crippen LogP contribution in [0.1, 0.15) is 16.7 Å². The van der Waals surface area contributed by atoms with Crippen LogP contribution < -0.4 is 21.2 Å². The summed E-state index contributed by atoms with van der Waals surface area (Å²) in [6.07, 6.45) is -1.85. The number of hydrogen-bond donors (Lipinski definition) is 4. The summed E-state index contributed by atoms with van der Waals surface area (Å²) < 4.78 is 44.8. The maximum atomic E-state index is 13.3. The molecule has 0 saturated heterocycles. The third-order valence-electron chi connectivity index (χ3n) is 4.62. The molecule has 0 aliphatic carbocycles. The number of thiocarbonyl (C=S) groups is 1. The topological polar surface area (TPSA) is 117 Å². The number of halogens is 3. The molecule has 0 aromatic heterocycles. The van der Waals surface area contributed by atoms with Crippen molar-refractivity contribution in [2.45, 2.75) is 6.18 Å². The van der Waals surface area contributed by atoms with Gasteiger partial charge in [0.05, 0.1) is 30.3 Å². The molecular formula is C24H21F3N6O2S. The summed E-state index contributed by atoms with van der Waals surface area (Å²) in [5.74, 6) is 0.453. The van der Waals surface area contributed by atoms with Crippen LogP contribution in [0.5, 0.6) is 11.5 Å². The summed E-state index contributed by atoms with van der Waals surface area (Å²) in [6, 6.07) is 16.7. The number of methoxy groups -OCH3 is 1. The molecule has 3 rings (SSSR count). The molecular weight excluding hydrogens is 493 g/mol. The van der Waals surface area contributed by atoms with Crippen molar-refractivity contribution in [2.24, 2.45) is 20.8 Å². The fourth-order valence-electron chi connectivity index (χ4n) is 2.82. The van der Waals surface area contributed by atoms with Crippen LogP contribution >= 0.6 is 12.2 Å². The van der Waals surface area contributed by atoms with Gasteiger partial charge in [0.25, 0.3) is 0 Å². The van der Waals surface area contributed by atoms with Crippen molar-refractivity contribution in [1.29, 1.82) is 0 Å². The third kappa shape index (κ3) is 7.53. The lowest BCUT2D eigenvalue weighted by Gasteiger charge is -2.15. The minimum atomic E-state index is -4.60. The Morgan fingerprint density at radius 2 is 1.75 bits per heavy atom. The van der Waals surface area contributed by atoms with Crippen LogP contribution in [-0.4, -0.2) is 35.7 Å². The highest BCUT2D eigenvalue weighted by Gasteiger charge is 2.34. The van der Waals surface area contributed by atoms with Crippen molar-refractivity contribution in [1.82, 2.24) is 5.43 Å². The highest BCUT2D eigenvalue weighted by molar-refractivity contribution is 7.80. The number of amidine groups is 1. The zero-order valence-corrected chi connectivity index (χ0v) is 19.6. The summed E-state index contributed by atoms with van der Waals surface area (Å²) in [6.45, 7) is 0. The van der Waals surface area contributed by atoms with Crippen LogP contribution in [0.25, 0.3) is 0 Å². The molecule has 3 aromatic rings. The highest BCUT2D eigenvalue weighted by atomic mass is 32.1. The predicted molar refractivity (Wildman–Crippen MR) is 138 cm³/mol. The quantitative estimate of drug-likeness (QED) is 0.156. The van der Waals surface area contributed by atoms with Crippen LogP contribution in [-0.2, 0) is 6.18 Å². The van der Waals surface area contributed by atoms with Gasteiger partial charge in [-0.15, -0.1) is 0 Å². The number of hydrazone groups is 1. The summed E-state index contributed by atoms with van der Waals surface area (Å²) in [5, 5.41) is 15.6. The Morgan fingerprint density at radius 3 is 2.39 bits per heavy atom. The maximum Gasteiger partial charge on any atom is 0.418 e. The van der Waals surface area contributed by atoms with Gasteiger partial charge in [-0.05, 0) is 60.2 Å². The monoisotopic (exact) mass is 514 g/mol. The Hall–Kier alpha value is -4.45. The van der Waals surface area contributed by atoms with E-state index < -0.39 is 11.7 Å². The number of benzene rings is 3. The van der Waals surface area contributed by atoms with Gasteiger partial charge >= 0.3 is 6.18 Å². The largest absolute Gasteiger partial charge is 0.508 e. The molecule has 186 valence electrons. The number of ether oxygens (including phenoxy) is 1. The number of nitrogens with two attached hydrogens (primary N) is 1. The van der Waals surface area contributed by atoms with Gasteiger partial charge in [-0.3, -0.25) is 5.43 Å². The number of alkyl halides is 3. The lowest BCUT2D eigenvalue weighted by atomic mass is 10.1. The first kappa shape index (κ1) is 26.2. The SMILES string of the molecule is COc1ccc(NC(=S)N/N=C/c2ccc(C(N)=NC=Nc3ccc(O)cc3)cc2)c(C(F)(F)F)c1. The van der Waals surface area contributed by atoms with Crippen molar-refractivity contribution < 1.29 is 23.0 Å². The molecule has 12 heteroatoms. The number of phenolic OH excluding ortho intramolecular Hbond substituents is 1. The molecule has 0 spiro atoms. The van der Waals surface area contributed by atoms with Crippen molar-refractivity contribution >= 4 is 47.1 Å². The van der Waals surface area contributed by atoms with Gasteiger partial charge in [-0.25, -0.2) is 9.98 Å². The fraction of sp³-hybridized carbons (Fsp3) is 0.0833. The van der Waals surface area contributed by atoms with Gasteiger partial charge in [0, 0.05) is 5.56 Å². The van der Waals surface area contributed by atoms with E-state index >= 15 is 0 Å². The molecule has 0 bridgehead atoms. The first-order valence-corrected chi connectivity index (χ1v) is 10.7. The van der Waals surface area contributed by atoms with Crippen LogP contribution in [0.3, 0.4) is 0 Å². The smallest absolute Gasteiger partial charge is 0.418 e. The van der Waals surface area contributed by atoms with Gasteiger partial charge in [-0.2, -0.15) is 18.3 Å². The maximum absolute atomic E-state index is 13.3. The van der Waals surface area contributed by atoms with Crippen molar-refractivity contribution in [3.8, 4) is 11.5 Å². The molecule has 8 nitrogen and oxygen atoms in total. The van der Waals surface area contributed by atoms with Crippen molar-refractivity contribution in [3.05, 3.63) is 83.4 Å². The second-order valence-electron chi connectivity index (χ2n) is 7.13. The lowest BCUT2D eigenvalue weighted by molar-refractivity contribution is -0.137. The minimum absolute atomic E-state index is 0.0727. The summed E-state index contributed by atoms with van der Waals surface area (Å²) in [7, 11) is 1.28. The Morgan fingerprint density at radius 1 is 1.06 bits per heavy atom. The van der Waals surface area contributed by atoms with Gasteiger partial charge < -0.3 is 20.9 Å². The molecule has 0 radical (unpaired) electrons. The standard InChI is InChI=1S/C24H21F3N6O2S/c1-35-19-10-11-21(20(12-19)24(25,26)27)32-23(36)33-31-13-15-2-4-16(5-3-15)22(28)30-14-29-17-6-8-18(34)9-7-17/h2-14,34H,1H3,(H2,28,29,30)(H2,32,33,36)/b31-13+. The number of nitrogens with one attached hydrogen (secondary N) is 2. The van der Waals surface area contributed by atoms with Crippen LogP contribution in [0.2, 0.25) is 0 Å². The summed E-state index contributed by atoms with van der Waals surface area (Å²) in [5.41, 5.74) is 9.23. The van der Waals surface area contributed by atoms with Gasteiger partial charge in [0.1, 0.15) is 23.7 Å². The van der Waals surface area contributed by atoms with Crippen molar-refractivity contribution in [2.75, 3.05) is 12.4 Å². The molecule has 0 saturated carbocycles. The van der Waals surface area contributed by atoms with E-state index in [1.807, 2.05) is 0 Å². The minimum Gasteiger partial charge on any atom is -0.508 e. The zero-order chi connectivity index (χ0) is 26.1. The van der Waals surface area contributed by atoms with E-state index in [9.17, 15) is 18.3 Å². The average Bonchev–Trinajstić information content (AvgIpc) is 2.85. The number of hydrogen-bond acceptors (Lipinski definition) is 5. The van der Waals surface area contributed by atoms with Gasteiger partial charge in [-0.1, -0.05) is 24.3 Å². The summed E-state index contributed by atoms with van der Waals surface area (Å²) >= 11 is 5.04.